The first-order valence-corrected chi connectivity index (χ1v) is 11.2. The molecule has 8 nitrogen and oxygen atoms in total. The van der Waals surface area contributed by atoms with Crippen LogP contribution in [0.5, 0.6) is 5.75 Å². The van der Waals surface area contributed by atoms with E-state index in [2.05, 4.69) is 5.32 Å². The number of carboxylic acid groups (broad SMARTS) is 1. The van der Waals surface area contributed by atoms with Crippen molar-refractivity contribution >= 4 is 63.8 Å². The lowest BCUT2D eigenvalue weighted by Gasteiger charge is -2.46. The van der Waals surface area contributed by atoms with Crippen LogP contribution in [-0.2, 0) is 25.6 Å². The van der Waals surface area contributed by atoms with Gasteiger partial charge in [0.2, 0.25) is 5.37 Å². The fourth-order valence-corrected chi connectivity index (χ4v) is 6.57. The van der Waals surface area contributed by atoms with E-state index >= 15 is 0 Å². The number of β-lactam (4-membered cyclic amide) rings is 1. The molecule has 0 radical (unpaired) electrons. The van der Waals surface area contributed by atoms with Crippen molar-refractivity contribution in [1.29, 1.82) is 0 Å². The number of carboxylic acids is 1. The molecule has 1 aromatic carbocycles. The number of alkyl halides is 3. The number of aliphatic carboxylic acids is 1. The number of carbonyl (C=O) groups is 3. The Morgan fingerprint density at radius 3 is 2.43 bits per heavy atom. The van der Waals surface area contributed by atoms with E-state index in [-0.39, 0.29) is 6.61 Å². The van der Waals surface area contributed by atoms with Crippen molar-refractivity contribution < 1.29 is 28.8 Å². The molecular weight excluding hydrogens is 479 g/mol. The lowest BCUT2D eigenvalue weighted by Crippen LogP contribution is -2.76. The smallest absolute Gasteiger partial charge is 0.335 e. The lowest BCUT2D eigenvalue weighted by atomic mass is 9.78. The Morgan fingerprint density at radius 2 is 1.90 bits per heavy atom. The van der Waals surface area contributed by atoms with Crippen LogP contribution in [0.3, 0.4) is 0 Å². The zero-order valence-corrected chi connectivity index (χ0v) is 19.0. The Balaban J connectivity index is 1.79. The highest BCUT2D eigenvalue weighted by Crippen LogP contribution is 2.57. The van der Waals surface area contributed by atoms with E-state index in [9.17, 15) is 24.0 Å². The van der Waals surface area contributed by atoms with Gasteiger partial charge in [0, 0.05) is 6.42 Å². The van der Waals surface area contributed by atoms with Crippen LogP contribution in [0.4, 0.5) is 0 Å². The minimum absolute atomic E-state index is 0.366. The van der Waals surface area contributed by atoms with Crippen LogP contribution < -0.4 is 10.1 Å². The number of hydrogen-bond donors (Lipinski definition) is 2. The molecule has 4 atom stereocenters. The number of halogens is 3. The molecule has 164 valence electrons. The van der Waals surface area contributed by atoms with Gasteiger partial charge >= 0.3 is 5.97 Å². The molecule has 12 heteroatoms. The normalized spacial score (nSPS) is 29.7. The lowest BCUT2D eigenvalue weighted by molar-refractivity contribution is -0.172. The molecule has 2 fully saturated rings. The molecule has 0 aromatic heterocycles. The van der Waals surface area contributed by atoms with Gasteiger partial charge in [0.25, 0.3) is 11.8 Å². The second-order valence-electron chi connectivity index (χ2n) is 7.51. The van der Waals surface area contributed by atoms with Gasteiger partial charge < -0.3 is 19.7 Å². The fourth-order valence-electron chi connectivity index (χ4n) is 3.89. The number of carbonyl (C=O) groups excluding carboxylic acids is 2. The van der Waals surface area contributed by atoms with Crippen molar-refractivity contribution in [2.24, 2.45) is 0 Å². The van der Waals surface area contributed by atoms with Gasteiger partial charge in [-0.15, -0.1) is 0 Å². The maximum atomic E-state index is 13.2. The van der Waals surface area contributed by atoms with Crippen LogP contribution in [0.2, 0.25) is 0 Å². The quantitative estimate of drug-likeness (QED) is 0.352. The largest absolute Gasteiger partial charge is 0.614 e. The van der Waals surface area contributed by atoms with Crippen LogP contribution in [0.1, 0.15) is 20.3 Å². The topological polar surface area (TPSA) is 119 Å². The summed E-state index contributed by atoms with van der Waals surface area (Å²) in [5, 5.41) is 11.4. The standard InChI is InChI=1S/C18H19Cl3N2O6S/c1-16(2)17(15(26)27,9-18(19,20)21)23-13(25)12(14(23)30(16)28)22-11(24)8-29-10-6-4-3-5-7-10/h3-7,12,14H,8-9H2,1-2H3,(H,22,24)(H,26,27)/t12?,14-,17?,30?/m1/s1. The number of para-hydroxylation sites is 1. The summed E-state index contributed by atoms with van der Waals surface area (Å²) in [5.41, 5.74) is -2.01. The molecule has 1 aromatic rings. The predicted octanol–water partition coefficient (Wildman–Crippen LogP) is 1.84. The first kappa shape index (κ1) is 23.3. The number of ether oxygens (including phenoxy) is 1. The second-order valence-corrected chi connectivity index (χ2v) is 12.1. The second kappa shape index (κ2) is 7.94. The van der Waals surface area contributed by atoms with Gasteiger partial charge in [-0.05, 0) is 37.2 Å². The average Bonchev–Trinajstić information content (AvgIpc) is 2.80. The SMILES string of the molecule is CC1(C)[S+]([O-])[C@@H]2C(NC(=O)COc3ccccc3)C(=O)N2C1(CC(Cl)(Cl)Cl)C(=O)O. The zero-order chi connectivity index (χ0) is 22.5. The van der Waals surface area contributed by atoms with E-state index in [4.69, 9.17) is 39.5 Å². The van der Waals surface area contributed by atoms with Gasteiger partial charge in [0.15, 0.2) is 26.7 Å². The Kier molecular flexibility index (Phi) is 6.16. The van der Waals surface area contributed by atoms with Gasteiger partial charge in [0.1, 0.15) is 5.75 Å². The minimum Gasteiger partial charge on any atom is -0.614 e. The third-order valence-electron chi connectivity index (χ3n) is 5.41. The summed E-state index contributed by atoms with van der Waals surface area (Å²) in [6.07, 6.45) is -0.557. The maximum Gasteiger partial charge on any atom is 0.335 e. The van der Waals surface area contributed by atoms with Crippen LogP contribution in [0.25, 0.3) is 0 Å². The van der Waals surface area contributed by atoms with Gasteiger partial charge in [0.05, 0.1) is 0 Å². The fraction of sp³-hybridized carbons (Fsp3) is 0.500. The number of benzene rings is 1. The Labute approximate surface area is 191 Å². The molecule has 0 aliphatic carbocycles. The van der Waals surface area contributed by atoms with E-state index in [1.807, 2.05) is 0 Å². The summed E-state index contributed by atoms with van der Waals surface area (Å²) in [7, 11) is 0. The third kappa shape index (κ3) is 3.71. The third-order valence-corrected chi connectivity index (χ3v) is 8.08. The molecular formula is C18H19Cl3N2O6S. The highest BCUT2D eigenvalue weighted by atomic mass is 35.6. The number of nitrogens with zero attached hydrogens (tertiary/aromatic N) is 1. The van der Waals surface area contributed by atoms with Crippen LogP contribution in [0, 0.1) is 0 Å². The van der Waals surface area contributed by atoms with Crippen molar-refractivity contribution in [3.63, 3.8) is 0 Å². The molecule has 2 aliphatic heterocycles. The molecule has 0 saturated carbocycles. The van der Waals surface area contributed by atoms with Crippen molar-refractivity contribution in [1.82, 2.24) is 10.2 Å². The molecule has 2 saturated heterocycles. The van der Waals surface area contributed by atoms with Gasteiger partial charge in [-0.25, -0.2) is 4.79 Å². The van der Waals surface area contributed by atoms with Crippen LogP contribution in [0.15, 0.2) is 30.3 Å². The molecule has 30 heavy (non-hydrogen) atoms. The maximum absolute atomic E-state index is 13.2. The summed E-state index contributed by atoms with van der Waals surface area (Å²) in [6.45, 7) is 2.52. The van der Waals surface area contributed by atoms with E-state index in [0.717, 1.165) is 4.90 Å². The predicted molar refractivity (Wildman–Crippen MR) is 112 cm³/mol. The number of nitrogens with one attached hydrogen (secondary N) is 1. The van der Waals surface area contributed by atoms with Crippen LogP contribution in [-0.4, -0.2) is 64.4 Å². The van der Waals surface area contributed by atoms with Crippen molar-refractivity contribution in [2.75, 3.05) is 6.61 Å². The summed E-state index contributed by atoms with van der Waals surface area (Å²) in [6, 6.07) is 7.43. The molecule has 3 unspecified atom stereocenters. The van der Waals surface area contributed by atoms with Gasteiger partial charge in [-0.2, -0.15) is 0 Å². The first-order valence-electron chi connectivity index (χ1n) is 8.84. The molecule has 2 amide bonds. The summed E-state index contributed by atoms with van der Waals surface area (Å²) in [4.78, 5) is 38.3. The van der Waals surface area contributed by atoms with E-state index in [0.29, 0.717) is 5.75 Å². The van der Waals surface area contributed by atoms with Crippen molar-refractivity contribution in [2.45, 2.75) is 45.8 Å². The van der Waals surface area contributed by atoms with E-state index in [1.54, 1.807) is 30.3 Å². The molecule has 2 heterocycles. The molecule has 0 spiro atoms. The van der Waals surface area contributed by atoms with Crippen LogP contribution >= 0.6 is 34.8 Å². The van der Waals surface area contributed by atoms with E-state index in [1.165, 1.54) is 13.8 Å². The highest BCUT2D eigenvalue weighted by Gasteiger charge is 2.81. The Hall–Kier alpha value is -1.39. The average molecular weight is 498 g/mol. The summed E-state index contributed by atoms with van der Waals surface area (Å²) >= 11 is 15.8. The van der Waals surface area contributed by atoms with Crippen molar-refractivity contribution in [3.05, 3.63) is 30.3 Å². The summed E-state index contributed by atoms with van der Waals surface area (Å²) < 4.78 is 15.0. The first-order chi connectivity index (χ1) is 13.8. The minimum atomic E-state index is -2.01. The zero-order valence-electron chi connectivity index (χ0n) is 15.9. The van der Waals surface area contributed by atoms with Gasteiger partial charge in [-0.1, -0.05) is 53.0 Å². The Morgan fingerprint density at radius 1 is 1.30 bits per heavy atom. The molecule has 3 rings (SSSR count). The number of hydrogen-bond acceptors (Lipinski definition) is 5. The Bertz CT molecular complexity index is 865. The molecule has 0 bridgehead atoms. The molecule has 2 aliphatic rings. The van der Waals surface area contributed by atoms with E-state index < -0.39 is 60.9 Å². The number of fused-ring (bicyclic) bond motifs is 1. The van der Waals surface area contributed by atoms with Crippen molar-refractivity contribution in [3.8, 4) is 5.75 Å². The summed E-state index contributed by atoms with van der Waals surface area (Å²) in [5.74, 6) is -2.28. The van der Waals surface area contributed by atoms with Gasteiger partial charge in [-0.3, -0.25) is 14.5 Å². The number of amides is 2. The molecule has 2 N–H and O–H groups in total. The highest BCUT2D eigenvalue weighted by molar-refractivity contribution is 7.94. The number of rotatable bonds is 6. The monoisotopic (exact) mass is 496 g/mol.